The first-order valence-electron chi connectivity index (χ1n) is 26.0. The number of hydrazone groups is 1. The molecule has 5 aliphatic rings. The predicted octanol–water partition coefficient (Wildman–Crippen LogP) is 5.19. The van der Waals surface area contributed by atoms with Crippen LogP contribution in [0.4, 0.5) is 14.9 Å². The molecule has 75 heavy (non-hydrogen) atoms. The minimum absolute atomic E-state index is 0.00775. The van der Waals surface area contributed by atoms with E-state index in [1.165, 1.54) is 52.1 Å². The molecule has 7 amide bonds. The molecule has 4 fully saturated rings. The van der Waals surface area contributed by atoms with Crippen molar-refractivity contribution in [1.82, 2.24) is 35.5 Å². The number of carbonyl (C=O) groups is 7. The average Bonchev–Trinajstić information content (AvgIpc) is 4.01. The van der Waals surface area contributed by atoms with E-state index in [0.717, 1.165) is 25.9 Å². The first-order valence-corrected chi connectivity index (χ1v) is 28.9. The minimum Gasteiger partial charge on any atom is -0.494 e. The summed E-state index contributed by atoms with van der Waals surface area (Å²) in [5.74, 6) is -4.35. The number of piperidine rings is 1. The van der Waals surface area contributed by atoms with Crippen LogP contribution in [-0.4, -0.2) is 149 Å². The summed E-state index contributed by atoms with van der Waals surface area (Å²) in [6.45, 7) is 7.53. The number of hydrogen-bond acceptors (Lipinski definition) is 16. The number of piperazine rings is 1. The number of urea groups is 1. The number of pyridine rings is 1. The molecule has 20 nitrogen and oxygen atoms in total. The van der Waals surface area contributed by atoms with Gasteiger partial charge in [-0.15, -0.1) is 5.06 Å². The molecule has 5 heterocycles. The summed E-state index contributed by atoms with van der Waals surface area (Å²) in [4.78, 5) is 103. The van der Waals surface area contributed by atoms with Gasteiger partial charge in [0, 0.05) is 132 Å². The molecule has 8 rings (SSSR count). The number of anilines is 1. The second-order valence-electron chi connectivity index (χ2n) is 19.4. The number of sulfone groups is 1. The number of carbonyl (C=O) groups excluding carboxylic acids is 7. The molecular formula is C51H62FN9O11S3. The number of nitrogens with one attached hydrogen (secondary N) is 3. The molecule has 3 aromatic rings. The van der Waals surface area contributed by atoms with Crippen LogP contribution in [0.3, 0.4) is 0 Å². The Morgan fingerprint density at radius 2 is 1.71 bits per heavy atom. The molecule has 1 aliphatic carbocycles. The van der Waals surface area contributed by atoms with Crippen LogP contribution in [0.25, 0.3) is 0 Å². The lowest BCUT2D eigenvalue weighted by Crippen LogP contribution is -2.55. The highest BCUT2D eigenvalue weighted by Crippen LogP contribution is 2.47. The average molecular weight is 1090 g/mol. The number of hydroxylamine groups is 2. The maximum Gasteiger partial charge on any atom is 0.333 e. The van der Waals surface area contributed by atoms with Gasteiger partial charge in [-0.05, 0) is 87.4 Å². The summed E-state index contributed by atoms with van der Waals surface area (Å²) in [7, 11) is -0.662. The molecular weight excluding hydrogens is 1030 g/mol. The van der Waals surface area contributed by atoms with Crippen LogP contribution in [0.15, 0.2) is 70.9 Å². The Morgan fingerprint density at radius 1 is 0.947 bits per heavy atom. The van der Waals surface area contributed by atoms with Crippen molar-refractivity contribution in [2.45, 2.75) is 106 Å². The number of rotatable bonds is 20. The second-order valence-corrected chi connectivity index (χ2v) is 24.6. The summed E-state index contributed by atoms with van der Waals surface area (Å²) < 4.78 is 62.9. The molecule has 402 valence electrons. The Balaban J connectivity index is 0.685. The normalized spacial score (nSPS) is 21.4. The van der Waals surface area contributed by atoms with Crippen molar-refractivity contribution < 1.29 is 58.7 Å². The van der Waals surface area contributed by atoms with Crippen LogP contribution in [0, 0.1) is 11.7 Å². The highest BCUT2D eigenvalue weighted by molar-refractivity contribution is 8.77. The lowest BCUT2D eigenvalue weighted by atomic mass is 10.0. The van der Waals surface area contributed by atoms with Gasteiger partial charge in [0.1, 0.15) is 11.6 Å². The molecule has 24 heteroatoms. The van der Waals surface area contributed by atoms with Crippen LogP contribution in [0.5, 0.6) is 5.75 Å². The fourth-order valence-corrected chi connectivity index (χ4v) is 13.2. The van der Waals surface area contributed by atoms with Gasteiger partial charge < -0.3 is 30.0 Å². The van der Waals surface area contributed by atoms with E-state index in [1.807, 2.05) is 18.7 Å². The van der Waals surface area contributed by atoms with Gasteiger partial charge in [0.15, 0.2) is 9.84 Å². The Labute approximate surface area is 445 Å². The molecule has 3 N–H and O–H groups in total. The number of imide groups is 1. The second kappa shape index (κ2) is 24.7. The summed E-state index contributed by atoms with van der Waals surface area (Å²) in [5, 5.41) is 10.2. The molecule has 1 saturated carbocycles. The van der Waals surface area contributed by atoms with E-state index in [9.17, 15) is 42.0 Å². The van der Waals surface area contributed by atoms with Crippen molar-refractivity contribution >= 4 is 84.4 Å². The van der Waals surface area contributed by atoms with E-state index < -0.39 is 62.3 Å². The lowest BCUT2D eigenvalue weighted by molar-refractivity contribution is -0.197. The number of likely N-dealkylation sites (tertiary alicyclic amines) is 1. The highest BCUT2D eigenvalue weighted by Gasteiger charge is 2.44. The number of benzene rings is 2. The SMILES string of the molecule is [2H]C1([2H])C(C(=O)Nc2ccc(CNC(=O)N3CCC(N4CCN(C(=O)CCSSC(C)(C)CC(=O)N/N=C5\CCS(=O)(=O)c6cc(OCCCC(=O)ON7C(=O)CCC7=O)ccc65)CC4)CC3)c(F)c2)C1c1cccnc1. The van der Waals surface area contributed by atoms with Gasteiger partial charge >= 0.3 is 12.0 Å². The molecule has 0 radical (unpaired) electrons. The largest absolute Gasteiger partial charge is 0.494 e. The summed E-state index contributed by atoms with van der Waals surface area (Å²) in [6.07, 6.45) is 3.46. The smallest absolute Gasteiger partial charge is 0.333 e. The third-order valence-electron chi connectivity index (χ3n) is 13.4. The molecule has 1 aromatic heterocycles. The van der Waals surface area contributed by atoms with E-state index in [2.05, 4.69) is 31.0 Å². The summed E-state index contributed by atoms with van der Waals surface area (Å²) in [6, 6.07) is 12.1. The zero-order valence-electron chi connectivity index (χ0n) is 43.7. The topological polar surface area (TPSA) is 246 Å². The Morgan fingerprint density at radius 3 is 2.43 bits per heavy atom. The fraction of sp³-hybridized carbons (Fsp3) is 0.510. The van der Waals surface area contributed by atoms with Crippen LogP contribution in [-0.2, 0) is 50.0 Å². The first-order chi connectivity index (χ1) is 36.7. The number of aromatic nitrogens is 1. The third-order valence-corrected chi connectivity index (χ3v) is 18.4. The monoisotopic (exact) mass is 1090 g/mol. The molecule has 2 aromatic carbocycles. The van der Waals surface area contributed by atoms with Gasteiger partial charge in [-0.1, -0.05) is 33.7 Å². The number of fused-ring (bicyclic) bond motifs is 1. The zero-order valence-corrected chi connectivity index (χ0v) is 44.2. The number of nitrogens with zero attached hydrogens (tertiary/aromatic N) is 6. The molecule has 0 bridgehead atoms. The zero-order chi connectivity index (χ0) is 55.1. The van der Waals surface area contributed by atoms with E-state index in [1.54, 1.807) is 35.4 Å². The van der Waals surface area contributed by atoms with Crippen molar-refractivity contribution in [3.05, 3.63) is 83.4 Å². The van der Waals surface area contributed by atoms with Gasteiger partial charge in [0.25, 0.3) is 11.8 Å². The summed E-state index contributed by atoms with van der Waals surface area (Å²) >= 11 is 0. The summed E-state index contributed by atoms with van der Waals surface area (Å²) in [5.41, 5.74) is 4.39. The Bertz CT molecular complexity index is 2870. The van der Waals surface area contributed by atoms with E-state index in [4.69, 9.17) is 12.3 Å². The van der Waals surface area contributed by atoms with E-state index in [0.29, 0.717) is 60.3 Å². The predicted molar refractivity (Wildman–Crippen MR) is 278 cm³/mol. The van der Waals surface area contributed by atoms with Crippen molar-refractivity contribution in [2.24, 2.45) is 11.0 Å². The maximum absolute atomic E-state index is 15.1. The van der Waals surface area contributed by atoms with Crippen molar-refractivity contribution in [2.75, 3.05) is 62.7 Å². The molecule has 2 atom stereocenters. The van der Waals surface area contributed by atoms with Crippen LogP contribution < -0.4 is 20.8 Å². The van der Waals surface area contributed by atoms with Gasteiger partial charge in [0.2, 0.25) is 17.7 Å². The van der Waals surface area contributed by atoms with Crippen molar-refractivity contribution in [3.8, 4) is 5.75 Å². The molecule has 4 aliphatic heterocycles. The minimum atomic E-state index is -3.67. The number of hydrogen-bond donors (Lipinski definition) is 3. The Hall–Kier alpha value is -6.11. The van der Waals surface area contributed by atoms with Crippen LogP contribution in [0.1, 0.15) is 103 Å². The van der Waals surface area contributed by atoms with Gasteiger partial charge in [-0.3, -0.25) is 33.9 Å². The fourth-order valence-electron chi connectivity index (χ4n) is 9.22. The van der Waals surface area contributed by atoms with E-state index in [-0.39, 0.29) is 103 Å². The third kappa shape index (κ3) is 14.8. The highest BCUT2D eigenvalue weighted by atomic mass is 33.1. The number of halogens is 1. The number of ether oxygens (including phenoxy) is 1. The Kier molecular flexibility index (Phi) is 17.2. The molecule has 0 spiro atoms. The quantitative estimate of drug-likeness (QED) is 0.0571. The maximum atomic E-state index is 15.1. The van der Waals surface area contributed by atoms with Gasteiger partial charge in [-0.2, -0.15) is 5.10 Å². The van der Waals surface area contributed by atoms with Crippen LogP contribution in [0.2, 0.25) is 0 Å². The first kappa shape index (κ1) is 52.3. The van der Waals surface area contributed by atoms with E-state index >= 15 is 4.39 Å². The van der Waals surface area contributed by atoms with Gasteiger partial charge in [0.05, 0.1) is 29.4 Å². The molecule has 2 unspecified atom stereocenters. The van der Waals surface area contributed by atoms with Crippen molar-refractivity contribution in [3.63, 3.8) is 0 Å². The number of amides is 7. The standard InChI is InChI=1S/C51H62FN9O11S3/c1-51(2,30-44(62)57-56-42-16-26-75(69,70)43-28-37(9-10-38(42)43)71-24-4-6-48(66)72-61-46(64)11-12-47(61)65)74-73-25-15-45(63)59-22-20-58(21-23-59)36-13-18-60(19-14-36)50(68)54-32-34-7-8-35(27-41(34)52)55-49(67)40-29-39(40)33-5-3-17-53-31-33/h3,5,7-10,17,27-28,31,36,39-40H,4,6,11-16,18-26,29-30,32H2,1-2H3,(H,54,68)(H,55,67)(H,57,62)/b56-42+/i29D2. The van der Waals surface area contributed by atoms with Crippen molar-refractivity contribution in [1.29, 1.82) is 0 Å². The lowest BCUT2D eigenvalue weighted by Gasteiger charge is -2.42. The van der Waals surface area contributed by atoms with Gasteiger partial charge in [-0.25, -0.2) is 27.8 Å². The van der Waals surface area contributed by atoms with Crippen LogP contribution >= 0.6 is 21.6 Å². The molecule has 3 saturated heterocycles.